The van der Waals surface area contributed by atoms with Crippen LogP contribution in [0.25, 0.3) is 6.08 Å². The Morgan fingerprint density at radius 2 is 1.48 bits per heavy atom. The van der Waals surface area contributed by atoms with Crippen molar-refractivity contribution in [2.75, 3.05) is 14.2 Å². The van der Waals surface area contributed by atoms with Crippen molar-refractivity contribution in [1.29, 1.82) is 0 Å². The number of allylic oxidation sites excluding steroid dienone is 1. The van der Waals surface area contributed by atoms with Gasteiger partial charge in [-0.3, -0.25) is 4.79 Å². The minimum absolute atomic E-state index is 0.165. The second-order valence-electron chi connectivity index (χ2n) is 6.09. The first kappa shape index (κ1) is 19.9. The highest BCUT2D eigenvalue weighted by Gasteiger charge is 2.12. The number of hydrogen-bond donors (Lipinski definition) is 0. The summed E-state index contributed by atoms with van der Waals surface area (Å²) in [4.78, 5) is 24.9. The summed E-state index contributed by atoms with van der Waals surface area (Å²) in [5.74, 6) is 0.935. The quantitative estimate of drug-likeness (QED) is 0.251. The molecule has 0 bridgehead atoms. The van der Waals surface area contributed by atoms with E-state index in [0.717, 1.165) is 0 Å². The number of para-hydroxylation sites is 1. The molecule has 0 aliphatic heterocycles. The molecule has 0 amide bonds. The lowest BCUT2D eigenvalue weighted by Gasteiger charge is -2.08. The molecular weight excluding hydrogens is 368 g/mol. The van der Waals surface area contributed by atoms with Gasteiger partial charge in [0.2, 0.25) is 0 Å². The first-order chi connectivity index (χ1) is 14.1. The molecule has 5 nitrogen and oxygen atoms in total. The Kier molecular flexibility index (Phi) is 6.43. The predicted octanol–water partition coefficient (Wildman–Crippen LogP) is 4.82. The monoisotopic (exact) mass is 388 g/mol. The summed E-state index contributed by atoms with van der Waals surface area (Å²) in [5, 5.41) is 0. The second-order valence-corrected chi connectivity index (χ2v) is 6.09. The van der Waals surface area contributed by atoms with Gasteiger partial charge in [0.15, 0.2) is 5.78 Å². The van der Waals surface area contributed by atoms with Crippen LogP contribution < -0.4 is 14.2 Å². The minimum Gasteiger partial charge on any atom is -0.497 e. The third-order valence-corrected chi connectivity index (χ3v) is 4.22. The molecular formula is C24H20O5. The zero-order valence-corrected chi connectivity index (χ0v) is 16.1. The first-order valence-corrected chi connectivity index (χ1v) is 8.92. The van der Waals surface area contributed by atoms with E-state index < -0.39 is 5.97 Å². The zero-order chi connectivity index (χ0) is 20.6. The fourth-order valence-electron chi connectivity index (χ4n) is 2.64. The van der Waals surface area contributed by atoms with Gasteiger partial charge in [-0.2, -0.15) is 0 Å². The lowest BCUT2D eigenvalue weighted by molar-refractivity contribution is 0.0734. The average Bonchev–Trinajstić information content (AvgIpc) is 2.78. The summed E-state index contributed by atoms with van der Waals surface area (Å²) < 4.78 is 15.8. The summed E-state index contributed by atoms with van der Waals surface area (Å²) in [6.07, 6.45) is 3.07. The molecule has 0 atom stereocenters. The van der Waals surface area contributed by atoms with Crippen LogP contribution in [0, 0.1) is 0 Å². The average molecular weight is 388 g/mol. The molecule has 0 unspecified atom stereocenters. The highest BCUT2D eigenvalue weighted by molar-refractivity contribution is 6.07. The van der Waals surface area contributed by atoms with Crippen LogP contribution >= 0.6 is 0 Å². The van der Waals surface area contributed by atoms with Crippen LogP contribution in [0.3, 0.4) is 0 Å². The lowest BCUT2D eigenvalue weighted by atomic mass is 10.1. The van der Waals surface area contributed by atoms with Crippen molar-refractivity contribution >= 4 is 17.8 Å². The molecule has 29 heavy (non-hydrogen) atoms. The standard InChI is InChI=1S/C24H20O5/c1-27-20-13-10-17(11-14-20)22(25)15-12-18-6-3-4-9-23(18)29-24(26)19-7-5-8-21(16-19)28-2/h3-16H,1-2H3. The molecule has 5 heteroatoms. The van der Waals surface area contributed by atoms with E-state index in [-0.39, 0.29) is 5.78 Å². The number of benzene rings is 3. The number of methoxy groups -OCH3 is 2. The number of ketones is 1. The van der Waals surface area contributed by atoms with Crippen molar-refractivity contribution in [2.24, 2.45) is 0 Å². The SMILES string of the molecule is COc1ccc(C(=O)C=Cc2ccccc2OC(=O)c2cccc(OC)c2)cc1. The van der Waals surface area contributed by atoms with Gasteiger partial charge in [0.05, 0.1) is 19.8 Å². The molecule has 0 N–H and O–H groups in total. The van der Waals surface area contributed by atoms with Crippen LogP contribution in [0.4, 0.5) is 0 Å². The van der Waals surface area contributed by atoms with Gasteiger partial charge in [0, 0.05) is 11.1 Å². The summed E-state index contributed by atoms with van der Waals surface area (Å²) >= 11 is 0. The first-order valence-electron chi connectivity index (χ1n) is 8.92. The maximum Gasteiger partial charge on any atom is 0.343 e. The molecule has 0 aliphatic rings. The maximum atomic E-state index is 12.5. The van der Waals surface area contributed by atoms with Crippen LogP contribution in [-0.4, -0.2) is 26.0 Å². The summed E-state index contributed by atoms with van der Waals surface area (Å²) in [6, 6.07) is 20.6. The van der Waals surface area contributed by atoms with Crippen molar-refractivity contribution in [2.45, 2.75) is 0 Å². The van der Waals surface area contributed by atoms with E-state index in [9.17, 15) is 9.59 Å². The largest absolute Gasteiger partial charge is 0.497 e. The van der Waals surface area contributed by atoms with E-state index in [2.05, 4.69) is 0 Å². The van der Waals surface area contributed by atoms with E-state index >= 15 is 0 Å². The van der Waals surface area contributed by atoms with Crippen LogP contribution in [0.15, 0.2) is 78.9 Å². The van der Waals surface area contributed by atoms with E-state index in [1.54, 1.807) is 86.0 Å². The molecule has 0 saturated carbocycles. The van der Waals surface area contributed by atoms with Gasteiger partial charge in [-0.15, -0.1) is 0 Å². The van der Waals surface area contributed by atoms with Gasteiger partial charge in [-0.1, -0.05) is 24.3 Å². The number of esters is 1. The van der Waals surface area contributed by atoms with Gasteiger partial charge < -0.3 is 14.2 Å². The number of ether oxygens (including phenoxy) is 3. The van der Waals surface area contributed by atoms with E-state index in [1.165, 1.54) is 13.2 Å². The fraction of sp³-hybridized carbons (Fsp3) is 0.0833. The van der Waals surface area contributed by atoms with Gasteiger partial charge in [-0.05, 0) is 60.7 Å². The molecule has 3 rings (SSSR count). The van der Waals surface area contributed by atoms with E-state index in [0.29, 0.717) is 33.9 Å². The highest BCUT2D eigenvalue weighted by Crippen LogP contribution is 2.22. The van der Waals surface area contributed by atoms with Crippen molar-refractivity contribution in [3.63, 3.8) is 0 Å². The van der Waals surface area contributed by atoms with Crippen LogP contribution in [-0.2, 0) is 0 Å². The Labute approximate surface area is 169 Å². The normalized spacial score (nSPS) is 10.6. The molecule has 3 aromatic carbocycles. The number of carbonyl (C=O) groups excluding carboxylic acids is 2. The van der Waals surface area contributed by atoms with Gasteiger partial charge in [0.25, 0.3) is 0 Å². The summed E-state index contributed by atoms with van der Waals surface area (Å²) in [7, 11) is 3.10. The van der Waals surface area contributed by atoms with Gasteiger partial charge in [-0.25, -0.2) is 4.79 Å². The number of rotatable bonds is 7. The summed E-state index contributed by atoms with van der Waals surface area (Å²) in [5.41, 5.74) is 1.52. The topological polar surface area (TPSA) is 61.8 Å². The molecule has 0 aromatic heterocycles. The Balaban J connectivity index is 1.76. The Morgan fingerprint density at radius 3 is 2.21 bits per heavy atom. The third-order valence-electron chi connectivity index (χ3n) is 4.22. The van der Waals surface area contributed by atoms with E-state index in [1.807, 2.05) is 0 Å². The molecule has 0 saturated heterocycles. The minimum atomic E-state index is -0.508. The van der Waals surface area contributed by atoms with Crippen molar-refractivity contribution in [1.82, 2.24) is 0 Å². The lowest BCUT2D eigenvalue weighted by Crippen LogP contribution is -2.09. The van der Waals surface area contributed by atoms with Crippen LogP contribution in [0.1, 0.15) is 26.3 Å². The third kappa shape index (κ3) is 5.11. The molecule has 0 fully saturated rings. The Bertz CT molecular complexity index is 1040. The molecule has 0 spiro atoms. The zero-order valence-electron chi connectivity index (χ0n) is 16.1. The molecule has 0 heterocycles. The smallest absolute Gasteiger partial charge is 0.343 e. The van der Waals surface area contributed by atoms with Crippen LogP contribution in [0.5, 0.6) is 17.2 Å². The molecule has 146 valence electrons. The second kappa shape index (κ2) is 9.37. The Morgan fingerprint density at radius 1 is 0.759 bits per heavy atom. The highest BCUT2D eigenvalue weighted by atomic mass is 16.5. The van der Waals surface area contributed by atoms with Crippen molar-refractivity contribution in [3.8, 4) is 17.2 Å². The molecule has 0 aliphatic carbocycles. The van der Waals surface area contributed by atoms with Gasteiger partial charge in [0.1, 0.15) is 17.2 Å². The Hall–Kier alpha value is -3.86. The van der Waals surface area contributed by atoms with Crippen molar-refractivity contribution in [3.05, 3.63) is 95.6 Å². The fourth-order valence-corrected chi connectivity index (χ4v) is 2.64. The van der Waals surface area contributed by atoms with E-state index in [4.69, 9.17) is 14.2 Å². The summed E-state index contributed by atoms with van der Waals surface area (Å²) in [6.45, 7) is 0. The molecule has 3 aromatic rings. The van der Waals surface area contributed by atoms with Crippen LogP contribution in [0.2, 0.25) is 0 Å². The van der Waals surface area contributed by atoms with Gasteiger partial charge >= 0.3 is 5.97 Å². The number of hydrogen-bond acceptors (Lipinski definition) is 5. The maximum absolute atomic E-state index is 12.5. The number of carbonyl (C=O) groups is 2. The molecule has 0 radical (unpaired) electrons. The van der Waals surface area contributed by atoms with Crippen molar-refractivity contribution < 1.29 is 23.8 Å². The predicted molar refractivity (Wildman–Crippen MR) is 111 cm³/mol.